The molecule has 6 rings (SSSR count). The fraction of sp³-hybridized carbons (Fsp3) is 0.436. The molecule has 4 aromatic rings. The van der Waals surface area contributed by atoms with Gasteiger partial charge in [0.15, 0.2) is 0 Å². The van der Waals surface area contributed by atoms with Crippen molar-refractivity contribution in [3.8, 4) is 0 Å². The van der Waals surface area contributed by atoms with Crippen LogP contribution in [0.15, 0.2) is 83.7 Å². The number of imidazole rings is 1. The summed E-state index contributed by atoms with van der Waals surface area (Å²) in [5.74, 6) is 0.973. The van der Waals surface area contributed by atoms with E-state index in [9.17, 15) is 14.4 Å². The number of ether oxygens (including phenoxy) is 1. The van der Waals surface area contributed by atoms with Crippen LogP contribution in [0.1, 0.15) is 54.1 Å². The number of aliphatic imine (C=N–C) groups is 1. The van der Waals surface area contributed by atoms with E-state index in [2.05, 4.69) is 39.4 Å². The Kier molecular flexibility index (Phi) is 13.2. The van der Waals surface area contributed by atoms with Gasteiger partial charge in [0, 0.05) is 55.7 Å². The summed E-state index contributed by atoms with van der Waals surface area (Å²) in [5, 5.41) is 7.52. The van der Waals surface area contributed by atoms with Crippen molar-refractivity contribution >= 4 is 46.2 Å². The Bertz CT molecular complexity index is 1820. The number of thioether (sulfide) groups is 1. The van der Waals surface area contributed by atoms with Crippen LogP contribution in [0.3, 0.4) is 0 Å². The van der Waals surface area contributed by atoms with Crippen LogP contribution >= 0.6 is 23.1 Å². The number of nitrogens with zero attached hydrogens (tertiary/aromatic N) is 5. The molecule has 0 saturated heterocycles. The summed E-state index contributed by atoms with van der Waals surface area (Å²) >= 11 is 3.18. The van der Waals surface area contributed by atoms with Crippen molar-refractivity contribution in [2.75, 3.05) is 19.3 Å². The van der Waals surface area contributed by atoms with Crippen LogP contribution in [0.4, 0.5) is 9.59 Å². The van der Waals surface area contributed by atoms with Crippen molar-refractivity contribution < 1.29 is 19.1 Å². The van der Waals surface area contributed by atoms with Crippen LogP contribution in [-0.2, 0) is 41.9 Å². The highest BCUT2D eigenvalue weighted by molar-refractivity contribution is 8.14. The van der Waals surface area contributed by atoms with E-state index in [0.717, 1.165) is 38.2 Å². The smallest absolute Gasteiger partial charge is 0.407 e. The maximum atomic E-state index is 14.4. The summed E-state index contributed by atoms with van der Waals surface area (Å²) in [7, 11) is 1.78. The third-order valence-corrected chi connectivity index (χ3v) is 11.7. The predicted molar refractivity (Wildman–Crippen MR) is 209 cm³/mol. The van der Waals surface area contributed by atoms with Gasteiger partial charge in [0.05, 0.1) is 40.0 Å². The average molecular weight is 757 g/mol. The van der Waals surface area contributed by atoms with Gasteiger partial charge in [-0.1, -0.05) is 74.5 Å². The summed E-state index contributed by atoms with van der Waals surface area (Å²) < 4.78 is 5.53. The lowest BCUT2D eigenvalue weighted by Crippen LogP contribution is -2.57. The quantitative estimate of drug-likeness (QED) is 0.138. The molecule has 0 fully saturated rings. The number of H-pyrrole nitrogens is 1. The molecule has 12 nitrogen and oxygen atoms in total. The average Bonchev–Trinajstić information content (AvgIpc) is 3.96. The molecule has 14 heteroatoms. The molecule has 2 aromatic carbocycles. The van der Waals surface area contributed by atoms with Gasteiger partial charge >= 0.3 is 12.1 Å². The number of fused-ring (bicyclic) bond motifs is 1. The lowest BCUT2D eigenvalue weighted by atomic mass is 9.95. The van der Waals surface area contributed by atoms with Crippen molar-refractivity contribution in [1.82, 2.24) is 35.4 Å². The largest absolute Gasteiger partial charge is 0.444 e. The number of amides is 4. The molecule has 4 heterocycles. The van der Waals surface area contributed by atoms with Gasteiger partial charge in [-0.05, 0) is 36.8 Å². The van der Waals surface area contributed by atoms with Crippen molar-refractivity contribution in [2.45, 2.75) is 83.3 Å². The zero-order valence-corrected chi connectivity index (χ0v) is 32.1. The number of urea groups is 1. The van der Waals surface area contributed by atoms with Crippen molar-refractivity contribution in [3.05, 3.63) is 106 Å². The minimum atomic E-state index is -0.733. The molecule has 2 aliphatic heterocycles. The number of alkyl carbamates (subject to hydrolysis) is 1. The van der Waals surface area contributed by atoms with Gasteiger partial charge in [-0.25, -0.2) is 14.6 Å². The molecule has 3 N–H and O–H groups in total. The molecule has 4 amide bonds. The molecule has 0 bridgehead atoms. The van der Waals surface area contributed by atoms with E-state index in [4.69, 9.17) is 9.73 Å². The molecule has 4 atom stereocenters. The first-order valence-corrected chi connectivity index (χ1v) is 20.0. The summed E-state index contributed by atoms with van der Waals surface area (Å²) in [5.41, 5.74) is 5.50. The zero-order chi connectivity index (χ0) is 37.2. The van der Waals surface area contributed by atoms with Crippen molar-refractivity contribution in [2.24, 2.45) is 10.9 Å². The highest BCUT2D eigenvalue weighted by Crippen LogP contribution is 2.26. The molecule has 0 saturated carbocycles. The summed E-state index contributed by atoms with van der Waals surface area (Å²) in [6, 6.07) is 18.6. The minimum Gasteiger partial charge on any atom is -0.444 e. The summed E-state index contributed by atoms with van der Waals surface area (Å²) in [6.45, 7) is 5.12. The van der Waals surface area contributed by atoms with E-state index in [1.54, 1.807) is 46.6 Å². The number of benzene rings is 2. The minimum absolute atomic E-state index is 0.0158. The molecular weight excluding hydrogens is 709 g/mol. The Labute approximate surface area is 319 Å². The lowest BCUT2D eigenvalue weighted by molar-refractivity contribution is -0.127. The fourth-order valence-electron chi connectivity index (χ4n) is 6.74. The number of carbonyl (C=O) groups is 3. The normalized spacial score (nSPS) is 17.8. The van der Waals surface area contributed by atoms with Crippen molar-refractivity contribution in [1.29, 1.82) is 0 Å². The second-order valence-electron chi connectivity index (χ2n) is 14.0. The van der Waals surface area contributed by atoms with Gasteiger partial charge in [0.1, 0.15) is 12.6 Å². The molecule has 53 heavy (non-hydrogen) atoms. The molecule has 2 aromatic heterocycles. The summed E-state index contributed by atoms with van der Waals surface area (Å²) in [4.78, 5) is 62.1. The lowest BCUT2D eigenvalue weighted by Gasteiger charge is -2.37. The molecular formula is C39H48N8O4S2. The second-order valence-corrected chi connectivity index (χ2v) is 16.0. The predicted octanol–water partition coefficient (Wildman–Crippen LogP) is 5.86. The first kappa shape index (κ1) is 38.0. The molecule has 2 aliphatic rings. The van der Waals surface area contributed by atoms with E-state index in [1.807, 2.05) is 60.7 Å². The third kappa shape index (κ3) is 10.7. The van der Waals surface area contributed by atoms with E-state index in [0.29, 0.717) is 44.6 Å². The SMILES string of the molecule is CC(C)C1=NC(CN(C)C(=O)N2Cc3nc[nH]c3C[C@H]2C(=O)N[C@H](CC[C@H](Cc2ccccc2)NC(=O)OCc2cncs2)Cc2ccccc2)CS1. The zero-order valence-electron chi connectivity index (χ0n) is 30.4. The Hall–Kier alpha value is -4.69. The van der Waals surface area contributed by atoms with Crippen LogP contribution in [0.2, 0.25) is 0 Å². The highest BCUT2D eigenvalue weighted by Gasteiger charge is 2.38. The van der Waals surface area contributed by atoms with Gasteiger partial charge in [-0.3, -0.25) is 14.8 Å². The van der Waals surface area contributed by atoms with E-state index in [-0.39, 0.29) is 43.2 Å². The van der Waals surface area contributed by atoms with Crippen LogP contribution in [-0.4, -0.2) is 91.3 Å². The standard InChI is InChI=1S/C39H48N8O4S2/c1-26(2)37-44-31(23-52-37)20-46(3)39(50)47-21-34-33(41-24-42-34)18-35(47)36(48)43-29(16-27-10-6-4-7-11-27)14-15-30(17-28-12-8-5-9-13-28)45-38(49)51-22-32-19-40-25-53-32/h4-13,19,24-26,29-31,35H,14-18,20-23H2,1-3H3,(H,41,42)(H,43,48)(H,45,49)/t29-,30-,31?,35+/m1/s1. The number of hydrogen-bond donors (Lipinski definition) is 3. The molecule has 0 radical (unpaired) electrons. The first-order chi connectivity index (χ1) is 25.7. The number of hydrogen-bond acceptors (Lipinski definition) is 9. The Balaban J connectivity index is 1.16. The number of carbonyl (C=O) groups excluding carboxylic acids is 3. The number of thiazole rings is 1. The Morgan fingerprint density at radius 2 is 1.68 bits per heavy atom. The van der Waals surface area contributed by atoms with E-state index in [1.165, 1.54) is 11.3 Å². The third-order valence-electron chi connectivity index (χ3n) is 9.50. The van der Waals surface area contributed by atoms with Gasteiger partial charge < -0.3 is 30.2 Å². The monoisotopic (exact) mass is 756 g/mol. The van der Waals surface area contributed by atoms with Crippen LogP contribution in [0, 0.1) is 5.92 Å². The maximum Gasteiger partial charge on any atom is 0.407 e. The topological polar surface area (TPSA) is 145 Å². The van der Waals surface area contributed by atoms with Gasteiger partial charge in [0.2, 0.25) is 5.91 Å². The summed E-state index contributed by atoms with van der Waals surface area (Å²) in [6.07, 6.45) is 5.50. The number of nitrogens with one attached hydrogen (secondary N) is 3. The Morgan fingerprint density at radius 3 is 2.30 bits per heavy atom. The van der Waals surface area contributed by atoms with E-state index < -0.39 is 12.1 Å². The second kappa shape index (κ2) is 18.4. The van der Waals surface area contributed by atoms with E-state index >= 15 is 0 Å². The van der Waals surface area contributed by atoms with Crippen molar-refractivity contribution in [3.63, 3.8) is 0 Å². The molecule has 0 aliphatic carbocycles. The van der Waals surface area contributed by atoms with Gasteiger partial charge in [-0.15, -0.1) is 23.1 Å². The van der Waals surface area contributed by atoms with Crippen LogP contribution < -0.4 is 10.6 Å². The van der Waals surface area contributed by atoms with Crippen LogP contribution in [0.25, 0.3) is 0 Å². The number of likely N-dealkylation sites (N-methyl/N-ethyl adjacent to an activating group) is 1. The first-order valence-electron chi connectivity index (χ1n) is 18.1. The molecule has 0 spiro atoms. The molecule has 280 valence electrons. The Morgan fingerprint density at radius 1 is 1.00 bits per heavy atom. The highest BCUT2D eigenvalue weighted by atomic mass is 32.2. The fourth-order valence-corrected chi connectivity index (χ4v) is 8.34. The van der Waals surface area contributed by atoms with Gasteiger partial charge in [0.25, 0.3) is 0 Å². The number of aromatic amines is 1. The maximum absolute atomic E-state index is 14.4. The van der Waals surface area contributed by atoms with Gasteiger partial charge in [-0.2, -0.15) is 0 Å². The number of rotatable bonds is 15. The van der Waals surface area contributed by atoms with Crippen LogP contribution in [0.5, 0.6) is 0 Å². The molecule has 1 unspecified atom stereocenters. The number of aromatic nitrogens is 3.